The highest BCUT2D eigenvalue weighted by Crippen LogP contribution is 2.32. The lowest BCUT2D eigenvalue weighted by Gasteiger charge is -2.07. The van der Waals surface area contributed by atoms with Gasteiger partial charge in [0.05, 0.1) is 0 Å². The minimum Gasteiger partial charge on any atom is -0.384 e. The van der Waals surface area contributed by atoms with Crippen molar-refractivity contribution in [1.29, 1.82) is 0 Å². The summed E-state index contributed by atoms with van der Waals surface area (Å²) in [7, 11) is 0. The van der Waals surface area contributed by atoms with Crippen molar-refractivity contribution in [3.8, 4) is 0 Å². The lowest BCUT2D eigenvalue weighted by atomic mass is 10.2. The first-order valence-electron chi connectivity index (χ1n) is 4.94. The van der Waals surface area contributed by atoms with Gasteiger partial charge in [0.2, 0.25) is 0 Å². The molecule has 1 aromatic carbocycles. The van der Waals surface area contributed by atoms with Crippen LogP contribution in [0, 0.1) is 15.3 Å². The quantitative estimate of drug-likeness (QED) is 0.838. The highest BCUT2D eigenvalue weighted by atomic mass is 127. The van der Waals surface area contributed by atoms with Gasteiger partial charge in [0.1, 0.15) is 5.82 Å². The van der Waals surface area contributed by atoms with E-state index in [-0.39, 0.29) is 5.82 Å². The van der Waals surface area contributed by atoms with E-state index in [1.54, 1.807) is 6.07 Å². The highest BCUT2D eigenvalue weighted by Gasteiger charge is 2.20. The van der Waals surface area contributed by atoms with Crippen molar-refractivity contribution < 1.29 is 4.39 Å². The van der Waals surface area contributed by atoms with Gasteiger partial charge in [-0.2, -0.15) is 0 Å². The average Bonchev–Trinajstić information content (AvgIpc) is 2.92. The van der Waals surface area contributed by atoms with E-state index in [1.807, 2.05) is 6.07 Å². The molecule has 0 radical (unpaired) electrons. The zero-order chi connectivity index (χ0) is 9.97. The first kappa shape index (κ1) is 10.2. The summed E-state index contributed by atoms with van der Waals surface area (Å²) in [6.07, 6.45) is 4.03. The normalized spacial score (nSPS) is 15.6. The third-order valence-electron chi connectivity index (χ3n) is 2.50. The summed E-state index contributed by atoms with van der Waals surface area (Å²) in [5.41, 5.74) is 1.05. The van der Waals surface area contributed by atoms with E-state index in [9.17, 15) is 4.39 Å². The lowest BCUT2D eigenvalue weighted by Crippen LogP contribution is -2.03. The van der Waals surface area contributed by atoms with Gasteiger partial charge >= 0.3 is 0 Å². The minimum atomic E-state index is -0.165. The molecule has 1 aromatic rings. The van der Waals surface area contributed by atoms with Gasteiger partial charge < -0.3 is 5.32 Å². The zero-order valence-corrected chi connectivity index (χ0v) is 10.1. The molecule has 0 aromatic heterocycles. The second kappa shape index (κ2) is 4.47. The molecule has 76 valence electrons. The van der Waals surface area contributed by atoms with Crippen LogP contribution in [0.15, 0.2) is 18.2 Å². The lowest BCUT2D eigenvalue weighted by molar-refractivity contribution is 0.627. The van der Waals surface area contributed by atoms with Gasteiger partial charge in [-0.1, -0.05) is 12.8 Å². The summed E-state index contributed by atoms with van der Waals surface area (Å²) >= 11 is 2.16. The van der Waals surface area contributed by atoms with Gasteiger partial charge in [0.15, 0.2) is 0 Å². The van der Waals surface area contributed by atoms with Gasteiger partial charge in [0, 0.05) is 15.8 Å². The van der Waals surface area contributed by atoms with E-state index in [4.69, 9.17) is 0 Å². The van der Waals surface area contributed by atoms with Crippen molar-refractivity contribution in [3.63, 3.8) is 0 Å². The number of halogens is 2. The Labute approximate surface area is 97.2 Å². The van der Waals surface area contributed by atoms with Crippen LogP contribution in [-0.2, 0) is 0 Å². The van der Waals surface area contributed by atoms with Crippen LogP contribution < -0.4 is 5.32 Å². The summed E-state index contributed by atoms with van der Waals surface area (Å²) in [4.78, 5) is 0. The largest absolute Gasteiger partial charge is 0.384 e. The van der Waals surface area contributed by atoms with Crippen molar-refractivity contribution in [2.75, 3.05) is 11.9 Å². The molecule has 0 aliphatic heterocycles. The molecule has 0 bridgehead atoms. The van der Waals surface area contributed by atoms with Crippen LogP contribution in [0.2, 0.25) is 0 Å². The molecular weight excluding hydrogens is 292 g/mol. The molecule has 1 aliphatic carbocycles. The number of benzene rings is 1. The molecule has 0 unspecified atom stereocenters. The van der Waals surface area contributed by atoms with Crippen LogP contribution in [0.1, 0.15) is 19.3 Å². The maximum absolute atomic E-state index is 12.8. The van der Waals surface area contributed by atoms with Crippen LogP contribution >= 0.6 is 22.6 Å². The summed E-state index contributed by atoms with van der Waals surface area (Å²) < 4.78 is 13.7. The second-order valence-electron chi connectivity index (χ2n) is 3.78. The summed E-state index contributed by atoms with van der Waals surface area (Å²) in [5, 5.41) is 3.34. The molecule has 0 spiro atoms. The van der Waals surface area contributed by atoms with E-state index in [2.05, 4.69) is 27.9 Å². The second-order valence-corrected chi connectivity index (χ2v) is 4.95. The first-order valence-corrected chi connectivity index (χ1v) is 6.02. The van der Waals surface area contributed by atoms with E-state index >= 15 is 0 Å². The number of hydrogen-bond donors (Lipinski definition) is 1. The van der Waals surface area contributed by atoms with E-state index in [0.29, 0.717) is 0 Å². The molecule has 1 saturated carbocycles. The standard InChI is InChI=1S/C11H13FIN/c12-9-3-4-11(10(13)7-9)14-6-5-8-1-2-8/h3-4,7-8,14H,1-2,5-6H2. The Morgan fingerprint density at radius 1 is 1.43 bits per heavy atom. The maximum Gasteiger partial charge on any atom is 0.124 e. The molecule has 0 saturated heterocycles. The Bertz CT molecular complexity index is 323. The van der Waals surface area contributed by atoms with Crippen molar-refractivity contribution in [1.82, 2.24) is 0 Å². The number of rotatable bonds is 4. The van der Waals surface area contributed by atoms with Gasteiger partial charge in [0.25, 0.3) is 0 Å². The third-order valence-corrected chi connectivity index (χ3v) is 3.39. The Kier molecular flexibility index (Phi) is 3.26. The highest BCUT2D eigenvalue weighted by molar-refractivity contribution is 14.1. The average molecular weight is 305 g/mol. The van der Waals surface area contributed by atoms with Crippen molar-refractivity contribution in [3.05, 3.63) is 27.6 Å². The van der Waals surface area contributed by atoms with Crippen LogP contribution in [0.4, 0.5) is 10.1 Å². The number of hydrogen-bond acceptors (Lipinski definition) is 1. The van der Waals surface area contributed by atoms with Gasteiger partial charge in [-0.15, -0.1) is 0 Å². The van der Waals surface area contributed by atoms with Gasteiger partial charge in [-0.3, -0.25) is 0 Å². The van der Waals surface area contributed by atoms with Crippen LogP contribution in [0.3, 0.4) is 0 Å². The Hall–Kier alpha value is -0.320. The predicted octanol–water partition coefficient (Wildman–Crippen LogP) is 3.64. The molecule has 3 heteroatoms. The van der Waals surface area contributed by atoms with Gasteiger partial charge in [-0.25, -0.2) is 4.39 Å². The fourth-order valence-electron chi connectivity index (χ4n) is 1.45. The summed E-state index contributed by atoms with van der Waals surface area (Å²) in [6, 6.07) is 4.87. The molecule has 0 heterocycles. The fourth-order valence-corrected chi connectivity index (χ4v) is 2.12. The van der Waals surface area contributed by atoms with Crippen LogP contribution in [-0.4, -0.2) is 6.54 Å². The molecule has 1 fully saturated rings. The number of nitrogens with one attached hydrogen (secondary N) is 1. The molecule has 14 heavy (non-hydrogen) atoms. The smallest absolute Gasteiger partial charge is 0.124 e. The molecule has 2 rings (SSSR count). The minimum absolute atomic E-state index is 0.165. The SMILES string of the molecule is Fc1ccc(NCCC2CC2)c(I)c1. The Balaban J connectivity index is 1.87. The third kappa shape index (κ3) is 2.83. The monoisotopic (exact) mass is 305 g/mol. The number of anilines is 1. The van der Waals surface area contributed by atoms with Gasteiger partial charge in [-0.05, 0) is 53.1 Å². The molecule has 1 aliphatic rings. The van der Waals surface area contributed by atoms with E-state index in [0.717, 1.165) is 21.7 Å². The van der Waals surface area contributed by atoms with Crippen molar-refractivity contribution >= 4 is 28.3 Å². The maximum atomic E-state index is 12.8. The molecule has 0 atom stereocenters. The topological polar surface area (TPSA) is 12.0 Å². The van der Waals surface area contributed by atoms with Crippen molar-refractivity contribution in [2.24, 2.45) is 5.92 Å². The zero-order valence-electron chi connectivity index (χ0n) is 7.89. The molecule has 1 N–H and O–H groups in total. The predicted molar refractivity (Wildman–Crippen MR) is 64.9 cm³/mol. The van der Waals surface area contributed by atoms with Crippen molar-refractivity contribution in [2.45, 2.75) is 19.3 Å². The first-order chi connectivity index (χ1) is 6.75. The Morgan fingerprint density at radius 3 is 2.86 bits per heavy atom. The molecule has 1 nitrogen and oxygen atoms in total. The van der Waals surface area contributed by atoms with E-state index < -0.39 is 0 Å². The molecule has 0 amide bonds. The molecular formula is C11H13FIN. The van der Waals surface area contributed by atoms with E-state index in [1.165, 1.54) is 25.3 Å². The fraction of sp³-hybridized carbons (Fsp3) is 0.455. The summed E-state index contributed by atoms with van der Waals surface area (Å²) in [6.45, 7) is 1.01. The Morgan fingerprint density at radius 2 is 2.21 bits per heavy atom. The summed E-state index contributed by atoms with van der Waals surface area (Å²) in [5.74, 6) is 0.780. The van der Waals surface area contributed by atoms with Crippen LogP contribution in [0.25, 0.3) is 0 Å². The van der Waals surface area contributed by atoms with Crippen LogP contribution in [0.5, 0.6) is 0 Å².